The SMILES string of the molecule is COC(=O)c1ccc(C=C(CCOc2cccc3ccccc23)CNc2ccc3ccccc3c2)cc1. The molecule has 0 heterocycles. The van der Waals surface area contributed by atoms with Crippen LogP contribution in [0.1, 0.15) is 22.3 Å². The van der Waals surface area contributed by atoms with E-state index >= 15 is 0 Å². The molecule has 0 aliphatic carbocycles. The van der Waals surface area contributed by atoms with Crippen LogP contribution >= 0.6 is 0 Å². The minimum absolute atomic E-state index is 0.336. The third-order valence-corrected chi connectivity index (χ3v) is 6.40. The summed E-state index contributed by atoms with van der Waals surface area (Å²) in [5, 5.41) is 8.28. The highest BCUT2D eigenvalue weighted by Gasteiger charge is 2.07. The summed E-state index contributed by atoms with van der Waals surface area (Å²) in [7, 11) is 1.39. The van der Waals surface area contributed by atoms with E-state index in [4.69, 9.17) is 9.47 Å². The van der Waals surface area contributed by atoms with Gasteiger partial charge in [0.1, 0.15) is 5.75 Å². The third-order valence-electron chi connectivity index (χ3n) is 6.40. The zero-order valence-corrected chi connectivity index (χ0v) is 20.8. The van der Waals surface area contributed by atoms with Crippen molar-refractivity contribution in [2.45, 2.75) is 6.42 Å². The number of carbonyl (C=O) groups is 1. The Hall–Kier alpha value is -4.57. The first-order valence-electron chi connectivity index (χ1n) is 12.4. The van der Waals surface area contributed by atoms with Crippen LogP contribution < -0.4 is 10.1 Å². The van der Waals surface area contributed by atoms with Gasteiger partial charge in [0.15, 0.2) is 0 Å². The highest BCUT2D eigenvalue weighted by Crippen LogP contribution is 2.26. The van der Waals surface area contributed by atoms with Crippen LogP contribution in [0.3, 0.4) is 0 Å². The molecule has 0 saturated heterocycles. The molecule has 5 aromatic carbocycles. The van der Waals surface area contributed by atoms with Crippen molar-refractivity contribution in [1.29, 1.82) is 0 Å². The van der Waals surface area contributed by atoms with Crippen molar-refractivity contribution in [3.05, 3.63) is 126 Å². The lowest BCUT2D eigenvalue weighted by Crippen LogP contribution is -2.09. The maximum absolute atomic E-state index is 11.8. The number of hydrogen-bond acceptors (Lipinski definition) is 4. The standard InChI is InChI=1S/C33H29NO3/c1-36-33(35)28-15-13-24(14-16-28)21-25(23-34-30-18-17-26-7-2-3-9-29(26)22-30)19-20-37-32-12-6-10-27-8-4-5-11-31(27)32/h2-18,21-22,34H,19-20,23H2,1H3. The molecule has 0 spiro atoms. The molecule has 0 amide bonds. The number of esters is 1. The van der Waals surface area contributed by atoms with Crippen LogP contribution in [0.5, 0.6) is 5.75 Å². The maximum Gasteiger partial charge on any atom is 0.337 e. The molecule has 0 atom stereocenters. The molecule has 0 saturated carbocycles. The number of benzene rings is 5. The molecule has 4 heteroatoms. The monoisotopic (exact) mass is 487 g/mol. The molecular formula is C33H29NO3. The van der Waals surface area contributed by atoms with Crippen molar-refractivity contribution >= 4 is 39.3 Å². The summed E-state index contributed by atoms with van der Waals surface area (Å²) in [6.07, 6.45) is 2.91. The Kier molecular flexibility index (Phi) is 7.47. The second-order valence-corrected chi connectivity index (χ2v) is 8.91. The molecule has 0 fully saturated rings. The Labute approximate surface area is 217 Å². The summed E-state index contributed by atoms with van der Waals surface area (Å²) in [5.41, 5.74) is 3.82. The van der Waals surface area contributed by atoms with Gasteiger partial charge in [-0.15, -0.1) is 0 Å². The van der Waals surface area contributed by atoms with E-state index in [1.54, 1.807) is 12.1 Å². The van der Waals surface area contributed by atoms with Crippen molar-refractivity contribution in [3.8, 4) is 5.75 Å². The number of fused-ring (bicyclic) bond motifs is 2. The van der Waals surface area contributed by atoms with Crippen LogP contribution in [0.25, 0.3) is 27.6 Å². The van der Waals surface area contributed by atoms with Crippen LogP contribution in [-0.4, -0.2) is 26.2 Å². The van der Waals surface area contributed by atoms with Gasteiger partial charge >= 0.3 is 5.97 Å². The van der Waals surface area contributed by atoms with E-state index in [1.165, 1.54) is 28.8 Å². The van der Waals surface area contributed by atoms with Gasteiger partial charge in [-0.25, -0.2) is 4.79 Å². The smallest absolute Gasteiger partial charge is 0.337 e. The molecule has 0 aliphatic rings. The van der Waals surface area contributed by atoms with Crippen LogP contribution in [0.4, 0.5) is 5.69 Å². The number of methoxy groups -OCH3 is 1. The van der Waals surface area contributed by atoms with Gasteiger partial charge in [-0.2, -0.15) is 0 Å². The first-order chi connectivity index (χ1) is 18.2. The number of ether oxygens (including phenoxy) is 2. The topological polar surface area (TPSA) is 47.6 Å². The van der Waals surface area contributed by atoms with Crippen LogP contribution in [0, 0.1) is 0 Å². The summed E-state index contributed by atoms with van der Waals surface area (Å²) in [6, 6.07) is 36.6. The van der Waals surface area contributed by atoms with Crippen molar-refractivity contribution in [3.63, 3.8) is 0 Å². The van der Waals surface area contributed by atoms with Gasteiger partial charge in [0.05, 0.1) is 19.3 Å². The third kappa shape index (κ3) is 5.99. The van der Waals surface area contributed by atoms with Gasteiger partial charge < -0.3 is 14.8 Å². The van der Waals surface area contributed by atoms with Gasteiger partial charge in [0.2, 0.25) is 0 Å². The minimum Gasteiger partial charge on any atom is -0.493 e. The van der Waals surface area contributed by atoms with Crippen molar-refractivity contribution < 1.29 is 14.3 Å². The maximum atomic E-state index is 11.8. The quantitative estimate of drug-likeness (QED) is 0.216. The predicted molar refractivity (Wildman–Crippen MR) is 152 cm³/mol. The Morgan fingerprint density at radius 1 is 0.784 bits per heavy atom. The van der Waals surface area contributed by atoms with Crippen molar-refractivity contribution in [1.82, 2.24) is 0 Å². The van der Waals surface area contributed by atoms with Crippen LogP contribution in [-0.2, 0) is 4.74 Å². The second kappa shape index (κ2) is 11.4. The molecule has 37 heavy (non-hydrogen) atoms. The van der Waals surface area contributed by atoms with Crippen LogP contribution in [0.15, 0.2) is 115 Å². The van der Waals surface area contributed by atoms with E-state index in [0.29, 0.717) is 18.7 Å². The molecule has 5 aromatic rings. The van der Waals surface area contributed by atoms with Crippen LogP contribution in [0.2, 0.25) is 0 Å². The molecule has 1 N–H and O–H groups in total. The summed E-state index contributed by atoms with van der Waals surface area (Å²) >= 11 is 0. The molecule has 4 nitrogen and oxygen atoms in total. The summed E-state index contributed by atoms with van der Waals surface area (Å²) in [4.78, 5) is 11.8. The van der Waals surface area contributed by atoms with Gasteiger partial charge in [-0.05, 0) is 57.6 Å². The zero-order chi connectivity index (χ0) is 25.5. The molecule has 184 valence electrons. The van der Waals surface area contributed by atoms with Gasteiger partial charge in [0.25, 0.3) is 0 Å². The molecule has 0 aromatic heterocycles. The molecule has 5 rings (SSSR count). The summed E-state index contributed by atoms with van der Waals surface area (Å²) < 4.78 is 11.1. The van der Waals surface area contributed by atoms with E-state index in [2.05, 4.69) is 72.1 Å². The summed E-state index contributed by atoms with van der Waals surface area (Å²) in [5.74, 6) is 0.555. The first-order valence-corrected chi connectivity index (χ1v) is 12.4. The molecule has 0 bridgehead atoms. The fourth-order valence-electron chi connectivity index (χ4n) is 4.41. The molecule has 0 radical (unpaired) electrons. The van der Waals surface area contributed by atoms with Crippen molar-refractivity contribution in [2.75, 3.05) is 25.6 Å². The Balaban J connectivity index is 1.33. The number of rotatable bonds is 9. The fraction of sp³-hybridized carbons (Fsp3) is 0.121. The predicted octanol–water partition coefficient (Wildman–Crippen LogP) is 7.74. The zero-order valence-electron chi connectivity index (χ0n) is 20.8. The van der Waals surface area contributed by atoms with E-state index in [1.807, 2.05) is 36.4 Å². The average Bonchev–Trinajstić information content (AvgIpc) is 2.95. The van der Waals surface area contributed by atoms with Crippen molar-refractivity contribution in [2.24, 2.45) is 0 Å². The van der Waals surface area contributed by atoms with Gasteiger partial charge in [-0.1, -0.05) is 84.9 Å². The minimum atomic E-state index is -0.336. The normalized spacial score (nSPS) is 11.4. The first kappa shape index (κ1) is 24.1. The highest BCUT2D eigenvalue weighted by molar-refractivity contribution is 5.90. The largest absolute Gasteiger partial charge is 0.493 e. The Bertz CT molecular complexity index is 1550. The van der Waals surface area contributed by atoms with E-state index in [-0.39, 0.29) is 5.97 Å². The lowest BCUT2D eigenvalue weighted by molar-refractivity contribution is 0.0600. The fourth-order valence-corrected chi connectivity index (χ4v) is 4.41. The lowest BCUT2D eigenvalue weighted by Gasteiger charge is -2.14. The second-order valence-electron chi connectivity index (χ2n) is 8.91. The Morgan fingerprint density at radius 3 is 2.32 bits per heavy atom. The van der Waals surface area contributed by atoms with E-state index < -0.39 is 0 Å². The average molecular weight is 488 g/mol. The van der Waals surface area contributed by atoms with Gasteiger partial charge in [0, 0.05) is 24.0 Å². The van der Waals surface area contributed by atoms with E-state index in [9.17, 15) is 4.79 Å². The number of nitrogens with one attached hydrogen (secondary N) is 1. The van der Waals surface area contributed by atoms with E-state index in [0.717, 1.165) is 28.8 Å². The number of hydrogen-bond donors (Lipinski definition) is 1. The molecule has 0 aliphatic heterocycles. The Morgan fingerprint density at radius 2 is 1.51 bits per heavy atom. The lowest BCUT2D eigenvalue weighted by atomic mass is 10.1. The summed E-state index contributed by atoms with van der Waals surface area (Å²) in [6.45, 7) is 1.23. The van der Waals surface area contributed by atoms with Gasteiger partial charge in [-0.3, -0.25) is 0 Å². The number of carbonyl (C=O) groups excluding carboxylic acids is 1. The highest BCUT2D eigenvalue weighted by atomic mass is 16.5. The number of anilines is 1. The molecular weight excluding hydrogens is 458 g/mol. The molecule has 0 unspecified atom stereocenters.